The number of nitrogens with zero attached hydrogens (tertiary/aromatic N) is 1. The maximum Gasteiger partial charge on any atom is 0.338 e. The summed E-state index contributed by atoms with van der Waals surface area (Å²) >= 11 is 3.39. The molecule has 0 aromatic heterocycles. The second kappa shape index (κ2) is 7.31. The van der Waals surface area contributed by atoms with Gasteiger partial charge < -0.3 is 19.9 Å². The van der Waals surface area contributed by atoms with Crippen molar-refractivity contribution in [2.24, 2.45) is 5.73 Å². The minimum Gasteiger partial charge on any atom is -0.466 e. The molecule has 0 bridgehead atoms. The van der Waals surface area contributed by atoms with Gasteiger partial charge in [-0.3, -0.25) is 0 Å². The Hall–Kier alpha value is -2.30. The minimum absolute atomic E-state index is 0.0361. The molecule has 7 heteroatoms. The van der Waals surface area contributed by atoms with Gasteiger partial charge in [0, 0.05) is 11.6 Å². The number of ether oxygens (including phenoxy) is 3. The smallest absolute Gasteiger partial charge is 0.338 e. The summed E-state index contributed by atoms with van der Waals surface area (Å²) in [6.07, 6.45) is 0. The summed E-state index contributed by atoms with van der Waals surface area (Å²) in [5.41, 5.74) is 6.94. The highest BCUT2D eigenvalue weighted by Gasteiger charge is 2.37. The van der Waals surface area contributed by atoms with Crippen LogP contribution >= 0.6 is 15.9 Å². The largest absolute Gasteiger partial charge is 0.466 e. The van der Waals surface area contributed by atoms with Crippen molar-refractivity contribution in [3.05, 3.63) is 57.1 Å². The van der Waals surface area contributed by atoms with Crippen LogP contribution in [0.2, 0.25) is 0 Å². The van der Waals surface area contributed by atoms with E-state index in [1.807, 2.05) is 24.3 Å². The van der Waals surface area contributed by atoms with E-state index in [4.69, 9.17) is 19.9 Å². The summed E-state index contributed by atoms with van der Waals surface area (Å²) < 4.78 is 16.2. The van der Waals surface area contributed by atoms with E-state index in [1.165, 1.54) is 14.2 Å². The maximum atomic E-state index is 12.3. The fourth-order valence-corrected chi connectivity index (χ4v) is 2.83. The molecule has 1 aromatic rings. The zero-order valence-electron chi connectivity index (χ0n) is 12.6. The lowest BCUT2D eigenvalue weighted by Crippen LogP contribution is -2.27. The first kappa shape index (κ1) is 17.1. The zero-order valence-corrected chi connectivity index (χ0v) is 14.2. The van der Waals surface area contributed by atoms with Crippen molar-refractivity contribution in [1.29, 1.82) is 5.26 Å². The Balaban J connectivity index is 2.68. The molecule has 1 heterocycles. The molecule has 0 spiro atoms. The van der Waals surface area contributed by atoms with Gasteiger partial charge in [0.25, 0.3) is 0 Å². The van der Waals surface area contributed by atoms with E-state index in [9.17, 15) is 10.1 Å². The highest BCUT2D eigenvalue weighted by molar-refractivity contribution is 9.10. The van der Waals surface area contributed by atoms with Crippen LogP contribution in [0.25, 0.3) is 0 Å². The van der Waals surface area contributed by atoms with Crippen molar-refractivity contribution < 1.29 is 19.0 Å². The van der Waals surface area contributed by atoms with Crippen molar-refractivity contribution in [3.63, 3.8) is 0 Å². The molecule has 0 unspecified atom stereocenters. The van der Waals surface area contributed by atoms with Gasteiger partial charge >= 0.3 is 5.97 Å². The van der Waals surface area contributed by atoms with E-state index in [1.54, 1.807) is 6.07 Å². The maximum absolute atomic E-state index is 12.3. The molecule has 1 aliphatic heterocycles. The molecule has 0 radical (unpaired) electrons. The Morgan fingerprint density at radius 2 is 2.22 bits per heavy atom. The van der Waals surface area contributed by atoms with Gasteiger partial charge in [-0.25, -0.2) is 4.79 Å². The normalized spacial score (nSPS) is 17.6. The molecule has 120 valence electrons. The van der Waals surface area contributed by atoms with E-state index in [0.717, 1.165) is 10.0 Å². The van der Waals surface area contributed by atoms with E-state index in [2.05, 4.69) is 15.9 Å². The van der Waals surface area contributed by atoms with Crippen molar-refractivity contribution in [3.8, 4) is 6.07 Å². The third-order valence-electron chi connectivity index (χ3n) is 3.36. The van der Waals surface area contributed by atoms with Crippen LogP contribution in [0.4, 0.5) is 0 Å². The summed E-state index contributed by atoms with van der Waals surface area (Å²) in [6.45, 7) is 0.0361. The second-order valence-corrected chi connectivity index (χ2v) is 5.66. The SMILES string of the molecule is COCC1=C(C(=O)OC)[C@H](c2cccc(Br)c2)C(C#N)=C(N)O1. The summed E-state index contributed by atoms with van der Waals surface area (Å²) in [5, 5.41) is 9.47. The number of hydrogen-bond donors (Lipinski definition) is 1. The Bertz CT molecular complexity index is 734. The lowest BCUT2D eigenvalue weighted by Gasteiger charge is -2.27. The van der Waals surface area contributed by atoms with Crippen LogP contribution in [-0.4, -0.2) is 26.8 Å². The molecule has 2 N–H and O–H groups in total. The van der Waals surface area contributed by atoms with Crippen LogP contribution in [0.1, 0.15) is 11.5 Å². The number of carbonyl (C=O) groups is 1. The Labute approximate surface area is 142 Å². The highest BCUT2D eigenvalue weighted by Crippen LogP contribution is 2.40. The first-order valence-electron chi connectivity index (χ1n) is 6.66. The number of methoxy groups -OCH3 is 2. The average molecular weight is 379 g/mol. The molecule has 23 heavy (non-hydrogen) atoms. The van der Waals surface area contributed by atoms with Gasteiger partial charge in [-0.2, -0.15) is 5.26 Å². The number of esters is 1. The van der Waals surface area contributed by atoms with Crippen LogP contribution in [-0.2, 0) is 19.0 Å². The third-order valence-corrected chi connectivity index (χ3v) is 3.85. The van der Waals surface area contributed by atoms with Crippen LogP contribution in [0, 0.1) is 11.3 Å². The molecule has 0 saturated heterocycles. The van der Waals surface area contributed by atoms with Gasteiger partial charge in [0.05, 0.1) is 18.6 Å². The van der Waals surface area contributed by atoms with Crippen LogP contribution in [0.3, 0.4) is 0 Å². The lowest BCUT2D eigenvalue weighted by molar-refractivity contribution is -0.136. The number of allylic oxidation sites excluding steroid dienone is 1. The van der Waals surface area contributed by atoms with Crippen molar-refractivity contribution in [1.82, 2.24) is 0 Å². The van der Waals surface area contributed by atoms with Gasteiger partial charge in [0.15, 0.2) is 0 Å². The Morgan fingerprint density at radius 1 is 1.48 bits per heavy atom. The molecule has 1 atom stereocenters. The predicted octanol–water partition coefficient (Wildman–Crippen LogP) is 2.33. The standard InChI is InChI=1S/C16H15BrN2O4/c1-21-8-12-14(16(20)22-2)13(11(7-18)15(19)23-12)9-4-3-5-10(17)6-9/h3-6,13H,8,19H2,1-2H3/t13-/m1/s1. The van der Waals surface area contributed by atoms with Gasteiger partial charge in [-0.1, -0.05) is 28.1 Å². The van der Waals surface area contributed by atoms with Gasteiger partial charge in [0.1, 0.15) is 24.0 Å². The average Bonchev–Trinajstić information content (AvgIpc) is 2.54. The van der Waals surface area contributed by atoms with E-state index in [0.29, 0.717) is 0 Å². The van der Waals surface area contributed by atoms with Gasteiger partial charge in [-0.05, 0) is 17.7 Å². The minimum atomic E-state index is -0.677. The number of carbonyl (C=O) groups excluding carboxylic acids is 1. The van der Waals surface area contributed by atoms with Crippen LogP contribution in [0.5, 0.6) is 0 Å². The first-order chi connectivity index (χ1) is 11.0. The van der Waals surface area contributed by atoms with Crippen molar-refractivity contribution >= 4 is 21.9 Å². The zero-order chi connectivity index (χ0) is 17.0. The summed E-state index contributed by atoms with van der Waals surface area (Å²) in [7, 11) is 2.74. The van der Waals surface area contributed by atoms with Gasteiger partial charge in [0.2, 0.25) is 5.88 Å². The summed E-state index contributed by atoms with van der Waals surface area (Å²) in [4.78, 5) is 12.3. The predicted molar refractivity (Wildman–Crippen MR) is 85.7 cm³/mol. The number of nitrogens with two attached hydrogens (primary N) is 1. The van der Waals surface area contributed by atoms with Crippen LogP contribution in [0.15, 0.2) is 51.5 Å². The molecule has 0 fully saturated rings. The molecule has 2 rings (SSSR count). The highest BCUT2D eigenvalue weighted by atomic mass is 79.9. The molecule has 0 saturated carbocycles. The van der Waals surface area contributed by atoms with E-state index < -0.39 is 11.9 Å². The number of nitriles is 1. The topological polar surface area (TPSA) is 94.6 Å². The van der Waals surface area contributed by atoms with Crippen LogP contribution < -0.4 is 5.73 Å². The quantitative estimate of drug-likeness (QED) is 0.807. The fraction of sp³-hybridized carbons (Fsp3) is 0.250. The molecule has 6 nitrogen and oxygen atoms in total. The number of halogens is 1. The molecular formula is C16H15BrN2O4. The summed E-state index contributed by atoms with van der Waals surface area (Å²) in [5.74, 6) is -1.08. The van der Waals surface area contributed by atoms with Crippen molar-refractivity contribution in [2.75, 3.05) is 20.8 Å². The third kappa shape index (κ3) is 3.38. The first-order valence-corrected chi connectivity index (χ1v) is 7.46. The summed E-state index contributed by atoms with van der Waals surface area (Å²) in [6, 6.07) is 9.30. The lowest BCUT2D eigenvalue weighted by atomic mass is 9.83. The molecular weight excluding hydrogens is 364 g/mol. The molecule has 1 aromatic carbocycles. The molecule has 1 aliphatic rings. The van der Waals surface area contributed by atoms with E-state index in [-0.39, 0.29) is 29.4 Å². The number of rotatable bonds is 4. The van der Waals surface area contributed by atoms with Crippen molar-refractivity contribution in [2.45, 2.75) is 5.92 Å². The Kier molecular flexibility index (Phi) is 5.42. The van der Waals surface area contributed by atoms with Gasteiger partial charge in [-0.15, -0.1) is 0 Å². The number of hydrogen-bond acceptors (Lipinski definition) is 6. The fourth-order valence-electron chi connectivity index (χ4n) is 2.41. The molecule has 0 amide bonds. The Morgan fingerprint density at radius 3 is 2.78 bits per heavy atom. The van der Waals surface area contributed by atoms with E-state index >= 15 is 0 Å². The monoisotopic (exact) mass is 378 g/mol. The number of benzene rings is 1. The second-order valence-electron chi connectivity index (χ2n) is 4.74. The molecule has 0 aliphatic carbocycles.